The van der Waals surface area contributed by atoms with Gasteiger partial charge in [-0.1, -0.05) is 17.7 Å². The SMILES string of the molecule is Cc1cc(-c2nc3c(=O)cc[nH]c3nc2-c2cc3ccc(C#N)cc3[nH]2)cc(Cl)n1. The van der Waals surface area contributed by atoms with Gasteiger partial charge in [0.15, 0.2) is 11.2 Å². The number of halogens is 1. The zero-order chi connectivity index (χ0) is 20.8. The summed E-state index contributed by atoms with van der Waals surface area (Å²) < 4.78 is 0. The largest absolute Gasteiger partial charge is 0.353 e. The zero-order valence-corrected chi connectivity index (χ0v) is 16.4. The lowest BCUT2D eigenvalue weighted by Gasteiger charge is -2.09. The number of nitrogens with zero attached hydrogens (tertiary/aromatic N) is 4. The van der Waals surface area contributed by atoms with Crippen LogP contribution >= 0.6 is 11.6 Å². The number of aryl methyl sites for hydroxylation is 1. The van der Waals surface area contributed by atoms with Gasteiger partial charge in [-0.3, -0.25) is 4.79 Å². The predicted octanol–water partition coefficient (Wildman–Crippen LogP) is 4.36. The van der Waals surface area contributed by atoms with Gasteiger partial charge < -0.3 is 9.97 Å². The molecular weight excluding hydrogens is 400 g/mol. The fraction of sp³-hybridized carbons (Fsp3) is 0.0455. The topological polar surface area (TPSA) is 111 Å². The molecule has 0 spiro atoms. The van der Waals surface area contributed by atoms with Crippen LogP contribution < -0.4 is 5.43 Å². The minimum absolute atomic E-state index is 0.226. The maximum atomic E-state index is 12.4. The fourth-order valence-corrected chi connectivity index (χ4v) is 3.71. The number of aromatic amines is 2. The van der Waals surface area contributed by atoms with Crippen LogP contribution in [0.25, 0.3) is 44.7 Å². The molecule has 4 heterocycles. The van der Waals surface area contributed by atoms with Crippen molar-refractivity contribution in [3.63, 3.8) is 0 Å². The molecule has 0 saturated heterocycles. The molecule has 0 bridgehead atoms. The number of aromatic nitrogens is 5. The molecule has 2 N–H and O–H groups in total. The quantitative estimate of drug-likeness (QED) is 0.418. The van der Waals surface area contributed by atoms with E-state index in [0.29, 0.717) is 39.0 Å². The van der Waals surface area contributed by atoms with Crippen molar-refractivity contribution in [3.8, 4) is 28.7 Å². The Morgan fingerprint density at radius 1 is 1.03 bits per heavy atom. The Morgan fingerprint density at radius 3 is 2.70 bits per heavy atom. The minimum Gasteiger partial charge on any atom is -0.353 e. The van der Waals surface area contributed by atoms with Crippen LogP contribution in [0, 0.1) is 18.3 Å². The molecule has 4 aromatic heterocycles. The molecule has 8 heteroatoms. The average Bonchev–Trinajstić information content (AvgIpc) is 3.15. The highest BCUT2D eigenvalue weighted by Gasteiger charge is 2.17. The first kappa shape index (κ1) is 18.0. The predicted molar refractivity (Wildman–Crippen MR) is 115 cm³/mol. The van der Waals surface area contributed by atoms with Crippen molar-refractivity contribution in [2.45, 2.75) is 6.92 Å². The molecule has 0 radical (unpaired) electrons. The molecule has 0 unspecified atom stereocenters. The summed E-state index contributed by atoms with van der Waals surface area (Å²) in [5.74, 6) is 0. The van der Waals surface area contributed by atoms with Gasteiger partial charge in [0, 0.05) is 34.4 Å². The number of nitriles is 1. The third-order valence-electron chi connectivity index (χ3n) is 4.79. The number of fused-ring (bicyclic) bond motifs is 2. The van der Waals surface area contributed by atoms with Crippen molar-refractivity contribution < 1.29 is 0 Å². The Labute approximate surface area is 175 Å². The average molecular weight is 413 g/mol. The van der Waals surface area contributed by atoms with Crippen LogP contribution in [0.5, 0.6) is 0 Å². The summed E-state index contributed by atoms with van der Waals surface area (Å²) in [5.41, 5.74) is 4.97. The van der Waals surface area contributed by atoms with Crippen molar-refractivity contribution in [1.82, 2.24) is 24.9 Å². The van der Waals surface area contributed by atoms with E-state index >= 15 is 0 Å². The first-order valence-corrected chi connectivity index (χ1v) is 9.47. The van der Waals surface area contributed by atoms with Crippen LogP contribution in [0.1, 0.15) is 11.3 Å². The first-order chi connectivity index (χ1) is 14.5. The van der Waals surface area contributed by atoms with Crippen LogP contribution in [-0.4, -0.2) is 24.9 Å². The lowest BCUT2D eigenvalue weighted by molar-refractivity contribution is 1.18. The maximum Gasteiger partial charge on any atom is 0.209 e. The summed E-state index contributed by atoms with van der Waals surface area (Å²) in [5, 5.41) is 10.4. The minimum atomic E-state index is -0.226. The molecule has 30 heavy (non-hydrogen) atoms. The van der Waals surface area contributed by atoms with E-state index in [4.69, 9.17) is 16.6 Å². The highest BCUT2D eigenvalue weighted by Crippen LogP contribution is 2.32. The summed E-state index contributed by atoms with van der Waals surface area (Å²) in [6, 6.07) is 14.4. The highest BCUT2D eigenvalue weighted by atomic mass is 35.5. The van der Waals surface area contributed by atoms with Crippen LogP contribution in [0.2, 0.25) is 5.15 Å². The van der Waals surface area contributed by atoms with Crippen LogP contribution in [-0.2, 0) is 0 Å². The second kappa shape index (κ2) is 6.79. The van der Waals surface area contributed by atoms with E-state index < -0.39 is 0 Å². The molecule has 0 amide bonds. The van der Waals surface area contributed by atoms with Crippen LogP contribution in [0.15, 0.2) is 53.5 Å². The molecule has 5 aromatic rings. The third kappa shape index (κ3) is 3.00. The van der Waals surface area contributed by atoms with E-state index in [9.17, 15) is 10.1 Å². The standard InChI is InChI=1S/C22H13ClN6O/c1-11-6-14(9-18(23)26-11)19-20(29-22-21(28-19)17(30)4-5-25-22)16-8-13-3-2-12(10-24)7-15(13)27-16/h2-9,27H,1H3,(H,25,29,30). The molecular formula is C22H13ClN6O. The van der Waals surface area contributed by atoms with Gasteiger partial charge >= 0.3 is 0 Å². The van der Waals surface area contributed by atoms with Crippen molar-refractivity contribution in [1.29, 1.82) is 5.26 Å². The normalized spacial score (nSPS) is 11.1. The Balaban J connectivity index is 1.84. The summed E-state index contributed by atoms with van der Waals surface area (Å²) in [7, 11) is 0. The Bertz CT molecular complexity index is 1540. The van der Waals surface area contributed by atoms with Gasteiger partial charge in [-0.15, -0.1) is 0 Å². The molecule has 0 aliphatic carbocycles. The molecule has 7 nitrogen and oxygen atoms in total. The van der Waals surface area contributed by atoms with Gasteiger partial charge in [0.05, 0.1) is 23.0 Å². The van der Waals surface area contributed by atoms with Gasteiger partial charge in [-0.05, 0) is 37.3 Å². The summed E-state index contributed by atoms with van der Waals surface area (Å²) in [6.07, 6.45) is 1.54. The van der Waals surface area contributed by atoms with Crippen LogP contribution in [0.3, 0.4) is 0 Å². The second-order valence-corrected chi connectivity index (χ2v) is 7.26. The molecule has 5 rings (SSSR count). The molecule has 1 aromatic carbocycles. The Morgan fingerprint density at radius 2 is 1.90 bits per heavy atom. The van der Waals surface area contributed by atoms with Gasteiger partial charge in [-0.25, -0.2) is 15.0 Å². The van der Waals surface area contributed by atoms with Gasteiger partial charge in [0.25, 0.3) is 0 Å². The summed E-state index contributed by atoms with van der Waals surface area (Å²) in [6.45, 7) is 1.84. The summed E-state index contributed by atoms with van der Waals surface area (Å²) >= 11 is 6.18. The first-order valence-electron chi connectivity index (χ1n) is 9.09. The van der Waals surface area contributed by atoms with Crippen molar-refractivity contribution in [2.24, 2.45) is 0 Å². The maximum absolute atomic E-state index is 12.4. The van der Waals surface area contributed by atoms with E-state index in [-0.39, 0.29) is 10.9 Å². The smallest absolute Gasteiger partial charge is 0.209 e. The second-order valence-electron chi connectivity index (χ2n) is 6.88. The highest BCUT2D eigenvalue weighted by molar-refractivity contribution is 6.29. The van der Waals surface area contributed by atoms with Crippen LogP contribution in [0.4, 0.5) is 0 Å². The van der Waals surface area contributed by atoms with E-state index in [1.165, 1.54) is 6.07 Å². The van der Waals surface area contributed by atoms with Gasteiger partial charge in [0.1, 0.15) is 10.8 Å². The van der Waals surface area contributed by atoms with Gasteiger partial charge in [0.2, 0.25) is 5.43 Å². The Kier molecular flexibility index (Phi) is 4.09. The van der Waals surface area contributed by atoms with E-state index in [1.807, 2.05) is 25.1 Å². The third-order valence-corrected chi connectivity index (χ3v) is 4.98. The zero-order valence-electron chi connectivity index (χ0n) is 15.7. The molecule has 0 aliphatic heterocycles. The molecule has 0 aliphatic rings. The lowest BCUT2D eigenvalue weighted by Crippen LogP contribution is -2.07. The number of hydrogen-bond donors (Lipinski definition) is 2. The number of rotatable bonds is 2. The van der Waals surface area contributed by atoms with Gasteiger partial charge in [-0.2, -0.15) is 5.26 Å². The number of benzene rings is 1. The van der Waals surface area contributed by atoms with E-state index in [0.717, 1.165) is 16.6 Å². The van der Waals surface area contributed by atoms with E-state index in [1.54, 1.807) is 24.4 Å². The molecule has 0 fully saturated rings. The number of nitrogens with one attached hydrogen (secondary N) is 2. The fourth-order valence-electron chi connectivity index (χ4n) is 3.46. The molecule has 144 valence electrons. The number of pyridine rings is 2. The molecule has 0 atom stereocenters. The number of H-pyrrole nitrogens is 2. The Hall–Kier alpha value is -4.02. The van der Waals surface area contributed by atoms with Crippen molar-refractivity contribution in [3.05, 3.63) is 75.3 Å². The summed E-state index contributed by atoms with van der Waals surface area (Å²) in [4.78, 5) is 32.2. The number of hydrogen-bond acceptors (Lipinski definition) is 5. The lowest BCUT2D eigenvalue weighted by atomic mass is 10.1. The van der Waals surface area contributed by atoms with E-state index in [2.05, 4.69) is 26.0 Å². The monoisotopic (exact) mass is 412 g/mol. The van der Waals surface area contributed by atoms with Crippen molar-refractivity contribution in [2.75, 3.05) is 0 Å². The van der Waals surface area contributed by atoms with Crippen molar-refractivity contribution >= 4 is 33.7 Å². The molecule has 0 saturated carbocycles.